The number of rotatable bonds is 3. The van der Waals surface area contributed by atoms with Gasteiger partial charge in [0.25, 0.3) is 5.56 Å². The minimum atomic E-state index is -1.02. The Morgan fingerprint density at radius 2 is 1.89 bits per heavy atom. The van der Waals surface area contributed by atoms with Crippen LogP contribution in [0, 0.1) is 0 Å². The van der Waals surface area contributed by atoms with E-state index in [-0.39, 0.29) is 12.1 Å². The van der Waals surface area contributed by atoms with Crippen molar-refractivity contribution in [3.05, 3.63) is 46.4 Å². The normalized spacial score (nSPS) is 13.2. The van der Waals surface area contributed by atoms with Crippen molar-refractivity contribution in [2.45, 2.75) is 39.4 Å². The van der Waals surface area contributed by atoms with Gasteiger partial charge in [-0.15, -0.1) is 0 Å². The van der Waals surface area contributed by atoms with Crippen LogP contribution in [-0.4, -0.2) is 10.7 Å². The molecule has 0 saturated heterocycles. The second-order valence-corrected chi connectivity index (χ2v) is 5.02. The molecule has 0 bridgehead atoms. The van der Waals surface area contributed by atoms with Crippen LogP contribution in [0.5, 0.6) is 0 Å². The topological polar surface area (TPSA) is 22.0 Å². The van der Waals surface area contributed by atoms with Crippen LogP contribution in [0.4, 0.5) is 4.39 Å². The fraction of sp³-hybridized carbons (Fsp3) is 0.400. The van der Waals surface area contributed by atoms with Gasteiger partial charge in [0, 0.05) is 11.6 Å². The maximum atomic E-state index is 13.0. The number of nitrogens with zero attached hydrogens (tertiary/aromatic N) is 1. The first kappa shape index (κ1) is 12.8. The average molecular weight is 247 g/mol. The predicted molar refractivity (Wildman–Crippen MR) is 72.9 cm³/mol. The van der Waals surface area contributed by atoms with Gasteiger partial charge in [0.05, 0.1) is 6.54 Å². The molecule has 0 fully saturated rings. The lowest BCUT2D eigenvalue weighted by atomic mass is 9.97. The molecule has 0 saturated carbocycles. The molecule has 3 heteroatoms. The number of aromatic nitrogens is 1. The van der Waals surface area contributed by atoms with Crippen molar-refractivity contribution in [2.24, 2.45) is 0 Å². The second kappa shape index (κ2) is 4.92. The summed E-state index contributed by atoms with van der Waals surface area (Å²) in [6.45, 7) is 5.77. The molecule has 0 aliphatic heterocycles. The molecular formula is C15H18FNO. The van der Waals surface area contributed by atoms with E-state index in [1.807, 2.05) is 24.3 Å². The zero-order valence-corrected chi connectivity index (χ0v) is 11.0. The fourth-order valence-corrected chi connectivity index (χ4v) is 2.26. The summed E-state index contributed by atoms with van der Waals surface area (Å²) in [6, 6.07) is 7.65. The summed E-state index contributed by atoms with van der Waals surface area (Å²) in [7, 11) is 0. The fourth-order valence-electron chi connectivity index (χ4n) is 2.26. The lowest BCUT2D eigenvalue weighted by Crippen LogP contribution is -2.23. The summed E-state index contributed by atoms with van der Waals surface area (Å²) < 4.78 is 14.5. The highest BCUT2D eigenvalue weighted by Gasteiger charge is 2.09. The maximum absolute atomic E-state index is 13.0. The van der Waals surface area contributed by atoms with E-state index in [1.54, 1.807) is 6.20 Å². The van der Waals surface area contributed by atoms with Gasteiger partial charge in [-0.25, -0.2) is 4.39 Å². The summed E-state index contributed by atoms with van der Waals surface area (Å²) in [5.74, 6) is 0.365. The number of benzene rings is 1. The van der Waals surface area contributed by atoms with Crippen LogP contribution in [0.2, 0.25) is 0 Å². The molecule has 0 N–H and O–H groups in total. The Morgan fingerprint density at radius 1 is 1.17 bits per heavy atom. The van der Waals surface area contributed by atoms with Gasteiger partial charge in [-0.1, -0.05) is 26.0 Å². The molecule has 1 heterocycles. The van der Waals surface area contributed by atoms with Gasteiger partial charge in [-0.2, -0.15) is 0 Å². The van der Waals surface area contributed by atoms with Crippen molar-refractivity contribution in [1.82, 2.24) is 4.57 Å². The van der Waals surface area contributed by atoms with Gasteiger partial charge in [-0.05, 0) is 35.9 Å². The van der Waals surface area contributed by atoms with Crippen LogP contribution in [0.3, 0.4) is 0 Å². The molecule has 0 spiro atoms. The second-order valence-electron chi connectivity index (χ2n) is 5.02. The summed E-state index contributed by atoms with van der Waals surface area (Å²) in [5.41, 5.74) is 1.05. The molecule has 2 rings (SSSR count). The molecule has 1 atom stereocenters. The molecule has 0 radical (unpaired) electrons. The summed E-state index contributed by atoms with van der Waals surface area (Å²) in [5, 5.41) is 1.64. The monoisotopic (exact) mass is 247 g/mol. The number of hydrogen-bond donors (Lipinski definition) is 0. The van der Waals surface area contributed by atoms with Gasteiger partial charge in [0.1, 0.15) is 6.17 Å². The van der Waals surface area contributed by atoms with Crippen LogP contribution in [0.25, 0.3) is 10.8 Å². The van der Waals surface area contributed by atoms with Gasteiger partial charge < -0.3 is 4.57 Å². The van der Waals surface area contributed by atoms with Crippen molar-refractivity contribution < 1.29 is 4.39 Å². The molecule has 96 valence electrons. The maximum Gasteiger partial charge on any atom is 0.258 e. The van der Waals surface area contributed by atoms with Crippen LogP contribution < -0.4 is 5.56 Å². The number of hydrogen-bond acceptors (Lipinski definition) is 1. The van der Waals surface area contributed by atoms with E-state index in [0.717, 1.165) is 10.9 Å². The molecule has 0 amide bonds. The van der Waals surface area contributed by atoms with Gasteiger partial charge in [0.15, 0.2) is 0 Å². The van der Waals surface area contributed by atoms with Crippen molar-refractivity contribution in [1.29, 1.82) is 0 Å². The minimum absolute atomic E-state index is 0.112. The summed E-state index contributed by atoms with van der Waals surface area (Å²) >= 11 is 0. The van der Waals surface area contributed by atoms with Crippen molar-refractivity contribution in [2.75, 3.05) is 0 Å². The molecule has 2 nitrogen and oxygen atoms in total. The zero-order chi connectivity index (χ0) is 13.3. The smallest absolute Gasteiger partial charge is 0.258 e. The predicted octanol–water partition coefficient (Wildman–Crippen LogP) is 3.48. The van der Waals surface area contributed by atoms with Crippen LogP contribution in [0.1, 0.15) is 32.3 Å². The van der Waals surface area contributed by atoms with Gasteiger partial charge >= 0.3 is 0 Å². The molecule has 1 aromatic heterocycles. The highest BCUT2D eigenvalue weighted by Crippen LogP contribution is 2.23. The standard InChI is InChI=1S/C15H18FNO/c1-10(2)12-5-4-6-14-13(12)7-8-17(15(14)18)9-11(3)16/h4-8,10-11H,9H2,1-3H3. The highest BCUT2D eigenvalue weighted by atomic mass is 19.1. The quantitative estimate of drug-likeness (QED) is 0.813. The molecule has 18 heavy (non-hydrogen) atoms. The lowest BCUT2D eigenvalue weighted by Gasteiger charge is -2.12. The van der Waals surface area contributed by atoms with Gasteiger partial charge in [-0.3, -0.25) is 4.79 Å². The van der Waals surface area contributed by atoms with Crippen LogP contribution in [-0.2, 0) is 6.54 Å². The Morgan fingerprint density at radius 3 is 2.50 bits per heavy atom. The third-order valence-corrected chi connectivity index (χ3v) is 3.12. The first-order valence-electron chi connectivity index (χ1n) is 6.27. The molecule has 1 aromatic carbocycles. The molecule has 0 aliphatic rings. The highest BCUT2D eigenvalue weighted by molar-refractivity contribution is 5.85. The zero-order valence-electron chi connectivity index (χ0n) is 11.0. The molecule has 1 unspecified atom stereocenters. The SMILES string of the molecule is CC(F)Cn1ccc2c(C(C)C)cccc2c1=O. The van der Waals surface area contributed by atoms with E-state index < -0.39 is 6.17 Å². The first-order valence-corrected chi connectivity index (χ1v) is 6.27. The number of fused-ring (bicyclic) bond motifs is 1. The first-order chi connectivity index (χ1) is 8.50. The number of pyridine rings is 1. The molecular weight excluding hydrogens is 229 g/mol. The average Bonchev–Trinajstić information content (AvgIpc) is 2.31. The van der Waals surface area contributed by atoms with E-state index in [0.29, 0.717) is 11.3 Å². The Kier molecular flexibility index (Phi) is 3.50. The van der Waals surface area contributed by atoms with Crippen molar-refractivity contribution >= 4 is 10.8 Å². The van der Waals surface area contributed by atoms with E-state index in [2.05, 4.69) is 13.8 Å². The third kappa shape index (κ3) is 2.30. The third-order valence-electron chi connectivity index (χ3n) is 3.12. The van der Waals surface area contributed by atoms with Crippen LogP contribution in [0.15, 0.2) is 35.3 Å². The van der Waals surface area contributed by atoms with E-state index in [1.165, 1.54) is 11.5 Å². The van der Waals surface area contributed by atoms with E-state index >= 15 is 0 Å². The Labute approximate surface area is 106 Å². The number of halogens is 1. The minimum Gasteiger partial charge on any atom is -0.312 e. The van der Waals surface area contributed by atoms with Gasteiger partial charge in [0.2, 0.25) is 0 Å². The van der Waals surface area contributed by atoms with Crippen molar-refractivity contribution in [3.63, 3.8) is 0 Å². The Hall–Kier alpha value is -1.64. The molecule has 2 aromatic rings. The number of alkyl halides is 1. The molecule has 0 aliphatic carbocycles. The van der Waals surface area contributed by atoms with E-state index in [4.69, 9.17) is 0 Å². The van der Waals surface area contributed by atoms with Crippen LogP contribution >= 0.6 is 0 Å². The summed E-state index contributed by atoms with van der Waals surface area (Å²) in [6.07, 6.45) is 0.667. The largest absolute Gasteiger partial charge is 0.312 e. The van der Waals surface area contributed by atoms with Crippen molar-refractivity contribution in [3.8, 4) is 0 Å². The summed E-state index contributed by atoms with van der Waals surface area (Å²) in [4.78, 5) is 12.2. The lowest BCUT2D eigenvalue weighted by molar-refractivity contribution is 0.318. The Balaban J connectivity index is 2.66. The Bertz CT molecular complexity index is 613. The van der Waals surface area contributed by atoms with E-state index in [9.17, 15) is 9.18 Å².